The first kappa shape index (κ1) is 9.34. The zero-order chi connectivity index (χ0) is 10.1. The lowest BCUT2D eigenvalue weighted by Crippen LogP contribution is -2.05. The summed E-state index contributed by atoms with van der Waals surface area (Å²) in [5, 5.41) is 0. The van der Waals surface area contributed by atoms with Crippen LogP contribution >= 0.6 is 0 Å². The van der Waals surface area contributed by atoms with Gasteiger partial charge in [0.2, 0.25) is 0 Å². The van der Waals surface area contributed by atoms with Gasteiger partial charge in [0.25, 0.3) is 0 Å². The summed E-state index contributed by atoms with van der Waals surface area (Å²) >= 11 is 0. The Hall–Kier alpha value is -1.22. The Morgan fingerprint density at radius 2 is 2.36 bits per heavy atom. The van der Waals surface area contributed by atoms with Crippen molar-refractivity contribution in [1.82, 2.24) is 0 Å². The van der Waals surface area contributed by atoms with E-state index in [1.807, 2.05) is 12.1 Å². The molecule has 0 saturated heterocycles. The average Bonchev–Trinajstić information content (AvgIpc) is 2.54. The van der Waals surface area contributed by atoms with Gasteiger partial charge in [-0.05, 0) is 19.1 Å². The van der Waals surface area contributed by atoms with E-state index in [1.54, 1.807) is 7.11 Å². The molecule has 0 aliphatic carbocycles. The zero-order valence-electron chi connectivity index (χ0n) is 8.54. The van der Waals surface area contributed by atoms with Gasteiger partial charge in [0, 0.05) is 24.1 Å². The summed E-state index contributed by atoms with van der Waals surface area (Å²) < 4.78 is 10.9. The predicted molar refractivity (Wildman–Crippen MR) is 54.7 cm³/mol. The molecule has 14 heavy (non-hydrogen) atoms. The van der Waals surface area contributed by atoms with Gasteiger partial charge in [-0.2, -0.15) is 0 Å². The van der Waals surface area contributed by atoms with Gasteiger partial charge in [-0.1, -0.05) is 0 Å². The van der Waals surface area contributed by atoms with Crippen LogP contribution in [0.3, 0.4) is 0 Å². The van der Waals surface area contributed by atoms with Crippen molar-refractivity contribution >= 4 is 0 Å². The van der Waals surface area contributed by atoms with Crippen LogP contribution in [0.4, 0.5) is 0 Å². The minimum atomic E-state index is 0.266. The van der Waals surface area contributed by atoms with E-state index in [1.165, 1.54) is 5.56 Å². The first-order valence-corrected chi connectivity index (χ1v) is 4.81. The average molecular weight is 193 g/mol. The summed E-state index contributed by atoms with van der Waals surface area (Å²) in [6, 6.07) is 4.01. The number of ether oxygens (including phenoxy) is 2. The second-order valence-electron chi connectivity index (χ2n) is 3.61. The van der Waals surface area contributed by atoms with Crippen molar-refractivity contribution in [3.63, 3.8) is 0 Å². The number of fused-ring (bicyclic) bond motifs is 1. The number of nitrogens with two attached hydrogens (primary N) is 1. The van der Waals surface area contributed by atoms with Crippen LogP contribution in [-0.2, 0) is 13.0 Å². The Morgan fingerprint density at radius 3 is 3.00 bits per heavy atom. The van der Waals surface area contributed by atoms with Crippen molar-refractivity contribution in [1.29, 1.82) is 0 Å². The Morgan fingerprint density at radius 1 is 1.57 bits per heavy atom. The molecular formula is C11H15NO2. The third-order valence-corrected chi connectivity index (χ3v) is 2.52. The lowest BCUT2D eigenvalue weighted by atomic mass is 10.1. The third-order valence-electron chi connectivity index (χ3n) is 2.52. The molecule has 0 amide bonds. The maximum Gasteiger partial charge on any atom is 0.123 e. The normalized spacial score (nSPS) is 18.9. The van der Waals surface area contributed by atoms with Crippen LogP contribution in [0.5, 0.6) is 11.5 Å². The van der Waals surface area contributed by atoms with Crippen molar-refractivity contribution in [2.45, 2.75) is 26.0 Å². The van der Waals surface area contributed by atoms with Crippen LogP contribution in [-0.4, -0.2) is 13.2 Å². The van der Waals surface area contributed by atoms with Gasteiger partial charge >= 0.3 is 0 Å². The van der Waals surface area contributed by atoms with Gasteiger partial charge in [0.15, 0.2) is 0 Å². The molecule has 1 aromatic carbocycles. The van der Waals surface area contributed by atoms with Crippen LogP contribution in [0.15, 0.2) is 12.1 Å². The van der Waals surface area contributed by atoms with E-state index in [2.05, 4.69) is 6.92 Å². The zero-order valence-corrected chi connectivity index (χ0v) is 8.54. The van der Waals surface area contributed by atoms with Crippen LogP contribution < -0.4 is 15.2 Å². The fraction of sp³-hybridized carbons (Fsp3) is 0.455. The first-order valence-electron chi connectivity index (χ1n) is 4.81. The Bertz CT molecular complexity index is 316. The highest BCUT2D eigenvalue weighted by Gasteiger charge is 2.21. The number of rotatable bonds is 2. The van der Waals surface area contributed by atoms with E-state index in [0.717, 1.165) is 23.5 Å². The van der Waals surface area contributed by atoms with Gasteiger partial charge in [-0.15, -0.1) is 0 Å². The monoisotopic (exact) mass is 193 g/mol. The molecule has 1 atom stereocenters. The summed E-state index contributed by atoms with van der Waals surface area (Å²) in [4.78, 5) is 0. The van der Waals surface area contributed by atoms with Crippen LogP contribution in [0, 0.1) is 0 Å². The van der Waals surface area contributed by atoms with Crippen molar-refractivity contribution < 1.29 is 9.47 Å². The Labute approximate surface area is 83.8 Å². The molecule has 1 aliphatic rings. The lowest BCUT2D eigenvalue weighted by Gasteiger charge is -2.08. The number of hydrogen-bond donors (Lipinski definition) is 1. The number of benzene rings is 1. The fourth-order valence-corrected chi connectivity index (χ4v) is 1.83. The van der Waals surface area contributed by atoms with Crippen LogP contribution in [0.1, 0.15) is 18.1 Å². The Kier molecular flexibility index (Phi) is 2.33. The third kappa shape index (κ3) is 1.44. The van der Waals surface area contributed by atoms with Gasteiger partial charge in [-0.3, -0.25) is 0 Å². The minimum Gasteiger partial charge on any atom is -0.496 e. The molecule has 1 heterocycles. The van der Waals surface area contributed by atoms with E-state index in [4.69, 9.17) is 15.2 Å². The molecule has 3 nitrogen and oxygen atoms in total. The Balaban J connectivity index is 2.43. The summed E-state index contributed by atoms with van der Waals surface area (Å²) in [6.45, 7) is 2.54. The van der Waals surface area contributed by atoms with E-state index >= 15 is 0 Å². The summed E-state index contributed by atoms with van der Waals surface area (Å²) in [5.74, 6) is 1.82. The maximum atomic E-state index is 5.64. The van der Waals surface area contributed by atoms with E-state index < -0.39 is 0 Å². The number of methoxy groups -OCH3 is 1. The maximum absolute atomic E-state index is 5.64. The molecule has 1 aliphatic heterocycles. The molecule has 0 fully saturated rings. The number of hydrogen-bond acceptors (Lipinski definition) is 3. The van der Waals surface area contributed by atoms with Crippen LogP contribution in [0.2, 0.25) is 0 Å². The topological polar surface area (TPSA) is 44.5 Å². The highest BCUT2D eigenvalue weighted by atomic mass is 16.5. The molecule has 0 spiro atoms. The largest absolute Gasteiger partial charge is 0.496 e. The highest BCUT2D eigenvalue weighted by Crippen LogP contribution is 2.34. The van der Waals surface area contributed by atoms with Gasteiger partial charge in [-0.25, -0.2) is 0 Å². The van der Waals surface area contributed by atoms with Crippen molar-refractivity contribution in [2.24, 2.45) is 5.73 Å². The molecule has 76 valence electrons. The standard InChI is InChI=1S/C11H15NO2/c1-7-3-8-4-10(13-2)9(6-12)5-11(8)14-7/h4-5,7H,3,6,12H2,1-2H3/t7-/m0/s1. The molecule has 1 aromatic rings. The molecule has 3 heteroatoms. The van der Waals surface area contributed by atoms with E-state index in [0.29, 0.717) is 6.54 Å². The highest BCUT2D eigenvalue weighted by molar-refractivity contribution is 5.48. The van der Waals surface area contributed by atoms with Crippen molar-refractivity contribution in [3.05, 3.63) is 23.3 Å². The van der Waals surface area contributed by atoms with Gasteiger partial charge < -0.3 is 15.2 Å². The minimum absolute atomic E-state index is 0.266. The van der Waals surface area contributed by atoms with Crippen molar-refractivity contribution in [3.8, 4) is 11.5 Å². The summed E-state index contributed by atoms with van der Waals surface area (Å²) in [7, 11) is 1.67. The molecule has 0 bridgehead atoms. The molecular weight excluding hydrogens is 178 g/mol. The van der Waals surface area contributed by atoms with Gasteiger partial charge in [0.05, 0.1) is 7.11 Å². The predicted octanol–water partition coefficient (Wildman–Crippen LogP) is 1.48. The first-order chi connectivity index (χ1) is 6.74. The SMILES string of the molecule is COc1cc2c(cc1CN)O[C@@H](C)C2. The summed E-state index contributed by atoms with van der Waals surface area (Å²) in [6.07, 6.45) is 1.22. The molecule has 2 rings (SSSR count). The van der Waals surface area contributed by atoms with Crippen LogP contribution in [0.25, 0.3) is 0 Å². The smallest absolute Gasteiger partial charge is 0.123 e. The fourth-order valence-electron chi connectivity index (χ4n) is 1.83. The van der Waals surface area contributed by atoms with Crippen molar-refractivity contribution in [2.75, 3.05) is 7.11 Å². The van der Waals surface area contributed by atoms with Gasteiger partial charge in [0.1, 0.15) is 17.6 Å². The summed E-state index contributed by atoms with van der Waals surface area (Å²) in [5.41, 5.74) is 7.83. The molecule has 0 saturated carbocycles. The van der Waals surface area contributed by atoms with E-state index in [-0.39, 0.29) is 6.10 Å². The lowest BCUT2D eigenvalue weighted by molar-refractivity contribution is 0.254. The second kappa shape index (κ2) is 3.50. The quantitative estimate of drug-likeness (QED) is 0.773. The molecule has 0 aromatic heterocycles. The molecule has 0 unspecified atom stereocenters. The molecule has 2 N–H and O–H groups in total. The second-order valence-corrected chi connectivity index (χ2v) is 3.61. The van der Waals surface area contributed by atoms with E-state index in [9.17, 15) is 0 Å². The molecule has 0 radical (unpaired) electrons.